The molecule has 24 nitrogen and oxygen atoms in total. The first kappa shape index (κ1) is 65.5. The largest absolute Gasteiger partial charge is 0.461 e. The second kappa shape index (κ2) is 29.5. The number of aromatic nitrogens is 6. The number of nitrogens with zero attached hydrogens (tertiary/aromatic N) is 6. The molecule has 4 fully saturated rings. The monoisotopic (exact) mass is 1260 g/mol. The van der Waals surface area contributed by atoms with Crippen molar-refractivity contribution >= 4 is 49.1 Å². The number of rotatable bonds is 20. The van der Waals surface area contributed by atoms with Crippen molar-refractivity contribution < 1.29 is 66.6 Å². The van der Waals surface area contributed by atoms with Gasteiger partial charge in [0.2, 0.25) is 0 Å². The van der Waals surface area contributed by atoms with Crippen molar-refractivity contribution in [2.45, 2.75) is 89.6 Å². The van der Waals surface area contributed by atoms with E-state index in [4.69, 9.17) is 60.3 Å². The number of aliphatic hydroxyl groups is 3. The summed E-state index contributed by atoms with van der Waals surface area (Å²) >= 11 is 5.95. The lowest BCUT2D eigenvalue weighted by atomic mass is 9.96. The second-order valence-electron chi connectivity index (χ2n) is 21.6. The first-order valence-corrected chi connectivity index (χ1v) is 32.4. The number of aliphatic hydroxyl groups excluding tert-OH is 3. The molecular formula is C60H71ClN8O16P2. The summed E-state index contributed by atoms with van der Waals surface area (Å²) in [5, 5.41) is 30.4. The average molecular weight is 1260 g/mol. The Bertz CT molecular complexity index is 3570. The van der Waals surface area contributed by atoms with Crippen molar-refractivity contribution in [2.24, 2.45) is 29.7 Å². The van der Waals surface area contributed by atoms with E-state index in [0.29, 0.717) is 24.3 Å². The Morgan fingerprint density at radius 2 is 1.08 bits per heavy atom. The number of benzene rings is 4. The quantitative estimate of drug-likeness (QED) is 0.0360. The molecule has 0 amide bonds. The minimum absolute atomic E-state index is 0.0830. The molecule has 2 aliphatic heterocycles. The number of ether oxygens (including phenoxy) is 4. The van der Waals surface area contributed by atoms with Gasteiger partial charge in [-0.1, -0.05) is 111 Å². The van der Waals surface area contributed by atoms with Crippen LogP contribution in [-0.2, 0) is 62.5 Å². The molecule has 7 aromatic rings. The van der Waals surface area contributed by atoms with Crippen LogP contribution in [0.2, 0.25) is 0 Å². The molecular weight excluding hydrogens is 1190 g/mol. The van der Waals surface area contributed by atoms with E-state index in [9.17, 15) is 38.5 Å². The number of para-hydroxylation sites is 2. The molecule has 2 saturated heterocycles. The molecule has 4 aliphatic rings. The van der Waals surface area contributed by atoms with Gasteiger partial charge in [0.1, 0.15) is 61.0 Å². The smallest absolute Gasteiger partial charge is 0.380 e. The van der Waals surface area contributed by atoms with Gasteiger partial charge in [-0.05, 0) is 84.4 Å². The van der Waals surface area contributed by atoms with Crippen molar-refractivity contribution in [3.63, 3.8) is 0 Å². The molecule has 2 spiro atoms. The summed E-state index contributed by atoms with van der Waals surface area (Å²) in [6.07, 6.45) is 6.21. The lowest BCUT2D eigenvalue weighted by Gasteiger charge is -2.24. The van der Waals surface area contributed by atoms with Gasteiger partial charge in [-0.25, -0.2) is 19.1 Å². The standard InChI is InChI=1S/C28H32N3O8P.C17H18ClO4P.C11H15N3O4.C4H6N2/c1-19(25(33)36-16-20-8-4-2-5-9-20)18-40(35,39-21-10-6-3-7-11-21)37-17-22-24(32)28(13-14-28)26(38-22)31-15-12-23(29)30-27(31)34;1-14(17(19)21-12-15-8-4-2-5-9-15)13-23(18,20)22-16-10-6-3-7-11-16;12-7-1-4-14(10(17)13-7)9-11(2-3-11)8(16)6(5-15)18-9;1-6-3-2-5-4-6/h2-12,15,19,22,24,26,32H,13-14,16-18H2,1H3,(H2,29,30,34);2-11,14H,12-13H2,1H3;1,4,6,8-9,15-16H,2-3,5H2,(H2,12,13,17);2-4H,1H3/t19-,22-,24-,26-,40?;14-,23?;6-,8-,9-;/m111./s1. The van der Waals surface area contributed by atoms with Gasteiger partial charge in [-0.3, -0.25) is 27.8 Å². The van der Waals surface area contributed by atoms with Gasteiger partial charge in [0, 0.05) is 42.7 Å². The third kappa shape index (κ3) is 17.6. The maximum Gasteiger partial charge on any atom is 0.380 e. The number of carbonyl (C=O) groups is 2. The Morgan fingerprint density at radius 1 is 0.655 bits per heavy atom. The topological polar surface area (TPSA) is 333 Å². The molecule has 7 N–H and O–H groups in total. The first-order chi connectivity index (χ1) is 41.6. The predicted octanol–water partition coefficient (Wildman–Crippen LogP) is 7.69. The van der Waals surface area contributed by atoms with Gasteiger partial charge in [-0.15, -0.1) is 0 Å². The highest BCUT2D eigenvalue weighted by molar-refractivity contribution is 7.85. The Hall–Kier alpha value is -7.50. The minimum atomic E-state index is -3.94. The fraction of sp³-hybridized carbons (Fsp3) is 0.383. The Labute approximate surface area is 506 Å². The van der Waals surface area contributed by atoms with Crippen LogP contribution in [0.25, 0.3) is 0 Å². The SMILES string of the molecule is C[C@H](CP(=O)(Cl)Oc1ccccc1)C(=O)OCc1ccccc1.C[C@H](CP(=O)(OC[C@H]1O[C@@H](n2ccc(N)nc2=O)C2(CC2)[C@@H]1O)Oc1ccccc1)C(=O)OCc1ccccc1.Cn1ccnc1.Nc1ccn([C@@H]2O[C@H](CO)[C@@H](O)C23CC3)c(=O)n1. The number of esters is 2. The fourth-order valence-corrected chi connectivity index (χ4v) is 13.9. The predicted molar refractivity (Wildman–Crippen MR) is 321 cm³/mol. The summed E-state index contributed by atoms with van der Waals surface area (Å²) in [5.41, 5.74) is 10.5. The van der Waals surface area contributed by atoms with Crippen LogP contribution >= 0.6 is 25.6 Å². The number of nitrogens with two attached hydrogens (primary N) is 2. The highest BCUT2D eigenvalue weighted by atomic mass is 35.7. The number of carbonyl (C=O) groups excluding carboxylic acids is 2. The van der Waals surface area contributed by atoms with Gasteiger partial charge in [0.25, 0.3) is 0 Å². The second-order valence-corrected chi connectivity index (χ2v) is 26.9. The molecule has 27 heteroatoms. The lowest BCUT2D eigenvalue weighted by Crippen LogP contribution is -2.34. The molecule has 0 radical (unpaired) electrons. The normalized spacial score (nSPS) is 22.0. The van der Waals surface area contributed by atoms with E-state index < -0.39 is 97.2 Å². The third-order valence-electron chi connectivity index (χ3n) is 14.8. The van der Waals surface area contributed by atoms with Gasteiger partial charge >= 0.3 is 37.6 Å². The molecule has 464 valence electrons. The van der Waals surface area contributed by atoms with Crippen LogP contribution in [0.3, 0.4) is 0 Å². The maximum atomic E-state index is 14.0. The fourth-order valence-electron chi connectivity index (χ4n) is 9.83. The van der Waals surface area contributed by atoms with Gasteiger partial charge in [0.05, 0.1) is 55.9 Å². The number of halogens is 1. The van der Waals surface area contributed by atoms with Crippen LogP contribution in [0.1, 0.15) is 63.1 Å². The van der Waals surface area contributed by atoms with Crippen LogP contribution in [0, 0.1) is 22.7 Å². The van der Waals surface area contributed by atoms with Crippen LogP contribution < -0.4 is 31.9 Å². The summed E-state index contributed by atoms with van der Waals surface area (Å²) in [4.78, 5) is 60.2. The summed E-state index contributed by atoms with van der Waals surface area (Å²) in [6.45, 7) is -0.528. The van der Waals surface area contributed by atoms with Gasteiger partial charge in [-0.2, -0.15) is 9.97 Å². The number of imidazole rings is 1. The average Bonchev–Trinajstić information content (AvgIpc) is 1.58. The van der Waals surface area contributed by atoms with E-state index in [1.165, 1.54) is 33.7 Å². The zero-order valence-electron chi connectivity index (χ0n) is 48.0. The number of hydrogen-bond acceptors (Lipinski definition) is 21. The number of hydrogen-bond donors (Lipinski definition) is 5. The van der Waals surface area contributed by atoms with E-state index in [1.807, 2.05) is 84.5 Å². The van der Waals surface area contributed by atoms with Crippen molar-refractivity contribution in [1.82, 2.24) is 28.7 Å². The van der Waals surface area contributed by atoms with Gasteiger partial charge in [0.15, 0.2) is 0 Å². The molecule has 3 aromatic heterocycles. The molecule has 2 saturated carbocycles. The van der Waals surface area contributed by atoms with Gasteiger partial charge < -0.3 is 59.3 Å². The Balaban J connectivity index is 0.000000175. The Kier molecular flexibility index (Phi) is 22.2. The first-order valence-electron chi connectivity index (χ1n) is 27.9. The van der Waals surface area contributed by atoms with Crippen molar-refractivity contribution in [1.29, 1.82) is 0 Å². The van der Waals surface area contributed by atoms with Crippen molar-refractivity contribution in [3.8, 4) is 11.5 Å². The van der Waals surface area contributed by atoms with E-state index >= 15 is 0 Å². The Morgan fingerprint density at radius 3 is 1.48 bits per heavy atom. The van der Waals surface area contributed by atoms with Crippen molar-refractivity contribution in [2.75, 3.05) is 37.0 Å². The summed E-state index contributed by atoms with van der Waals surface area (Å²) in [5.74, 6) is -1.48. The lowest BCUT2D eigenvalue weighted by molar-refractivity contribution is -0.149. The summed E-state index contributed by atoms with van der Waals surface area (Å²) < 4.78 is 70.1. The van der Waals surface area contributed by atoms with Crippen LogP contribution in [0.4, 0.5) is 11.6 Å². The summed E-state index contributed by atoms with van der Waals surface area (Å²) in [7, 11) is -2.01. The molecule has 5 heterocycles. The van der Waals surface area contributed by atoms with E-state index in [-0.39, 0.29) is 50.4 Å². The molecule has 4 aromatic carbocycles. The highest BCUT2D eigenvalue weighted by Gasteiger charge is 2.65. The zero-order valence-corrected chi connectivity index (χ0v) is 50.6. The van der Waals surface area contributed by atoms with Crippen LogP contribution in [0.15, 0.2) is 174 Å². The third-order valence-corrected chi connectivity index (χ3v) is 18.9. The van der Waals surface area contributed by atoms with E-state index in [0.717, 1.165) is 24.0 Å². The van der Waals surface area contributed by atoms with Crippen LogP contribution in [-0.4, -0.2) is 106 Å². The molecule has 2 unspecified atom stereocenters. The zero-order chi connectivity index (χ0) is 62.4. The number of anilines is 2. The molecule has 2 aliphatic carbocycles. The van der Waals surface area contributed by atoms with Crippen molar-refractivity contribution in [3.05, 3.63) is 197 Å². The number of nitrogen functional groups attached to an aromatic ring is 2. The summed E-state index contributed by atoms with van der Waals surface area (Å²) in [6, 6.07) is 38.7. The highest BCUT2D eigenvalue weighted by Crippen LogP contribution is 2.64. The maximum absolute atomic E-state index is 14.0. The minimum Gasteiger partial charge on any atom is -0.461 e. The molecule has 11 rings (SSSR count). The molecule has 87 heavy (non-hydrogen) atoms. The molecule has 10 atom stereocenters. The van der Waals surface area contributed by atoms with Crippen LogP contribution in [0.5, 0.6) is 11.5 Å². The van der Waals surface area contributed by atoms with E-state index in [2.05, 4.69) is 15.0 Å². The molecule has 0 bridgehead atoms. The number of aryl methyl sites for hydroxylation is 1. The van der Waals surface area contributed by atoms with E-state index in [1.54, 1.807) is 81.0 Å².